The van der Waals surface area contributed by atoms with Crippen molar-refractivity contribution < 1.29 is 4.74 Å². The summed E-state index contributed by atoms with van der Waals surface area (Å²) in [6, 6.07) is 0.496. The summed E-state index contributed by atoms with van der Waals surface area (Å²) in [5.74, 6) is 0. The van der Waals surface area contributed by atoms with Gasteiger partial charge in [0.1, 0.15) is 0 Å². The Morgan fingerprint density at radius 3 is 2.38 bits per heavy atom. The van der Waals surface area contributed by atoms with E-state index in [2.05, 4.69) is 44.8 Å². The van der Waals surface area contributed by atoms with Crippen LogP contribution in [0.2, 0.25) is 0 Å². The monoisotopic (exact) mass is 230 g/mol. The summed E-state index contributed by atoms with van der Waals surface area (Å²) in [5, 5.41) is 3.43. The minimum Gasteiger partial charge on any atom is -0.383 e. The van der Waals surface area contributed by atoms with Gasteiger partial charge in [-0.25, -0.2) is 0 Å². The van der Waals surface area contributed by atoms with E-state index in [1.54, 1.807) is 7.11 Å². The van der Waals surface area contributed by atoms with E-state index in [0.29, 0.717) is 11.5 Å². The molecule has 0 aliphatic carbocycles. The molecule has 0 radical (unpaired) electrons. The summed E-state index contributed by atoms with van der Waals surface area (Å²) in [6.45, 7) is 16.4. The minimum atomic E-state index is 0.314. The molecular formula is C13H30N2O. The normalized spacial score (nSPS) is 14.4. The van der Waals surface area contributed by atoms with E-state index in [-0.39, 0.29) is 0 Å². The van der Waals surface area contributed by atoms with Crippen LogP contribution in [0.25, 0.3) is 0 Å². The lowest BCUT2D eigenvalue weighted by molar-refractivity contribution is 0.0756. The summed E-state index contributed by atoms with van der Waals surface area (Å²) >= 11 is 0. The second-order valence-corrected chi connectivity index (χ2v) is 5.31. The van der Waals surface area contributed by atoms with E-state index in [0.717, 1.165) is 32.8 Å². The Labute approximate surface area is 102 Å². The fraction of sp³-hybridized carbons (Fsp3) is 1.00. The zero-order valence-corrected chi connectivity index (χ0v) is 12.0. The predicted octanol–water partition coefficient (Wildman–Crippen LogP) is 1.98. The van der Waals surface area contributed by atoms with Crippen LogP contribution in [0.4, 0.5) is 0 Å². The molecule has 0 spiro atoms. The van der Waals surface area contributed by atoms with Crippen molar-refractivity contribution in [2.45, 2.75) is 40.7 Å². The molecule has 1 unspecified atom stereocenters. The predicted molar refractivity (Wildman–Crippen MR) is 70.9 cm³/mol. The highest BCUT2D eigenvalue weighted by Crippen LogP contribution is 2.17. The van der Waals surface area contributed by atoms with Crippen LogP contribution in [-0.4, -0.2) is 50.8 Å². The number of hydrogen-bond acceptors (Lipinski definition) is 3. The number of nitrogens with zero attached hydrogens (tertiary/aromatic N) is 1. The third-order valence-corrected chi connectivity index (χ3v) is 2.92. The van der Waals surface area contributed by atoms with Crippen molar-refractivity contribution in [3.63, 3.8) is 0 Å². The van der Waals surface area contributed by atoms with Crippen LogP contribution in [0.5, 0.6) is 0 Å². The standard InChI is InChI=1S/C13H30N2O/c1-7-14-10-13(4,5)11-15(8-2)12(3)9-16-6/h12,14H,7-11H2,1-6H3. The number of methoxy groups -OCH3 is 1. The first-order valence-electron chi connectivity index (χ1n) is 6.40. The van der Waals surface area contributed by atoms with Crippen LogP contribution < -0.4 is 5.32 Å². The van der Waals surface area contributed by atoms with Gasteiger partial charge in [0, 0.05) is 26.2 Å². The van der Waals surface area contributed by atoms with Crippen molar-refractivity contribution in [2.75, 3.05) is 39.9 Å². The van der Waals surface area contributed by atoms with E-state index < -0.39 is 0 Å². The molecule has 0 rings (SSSR count). The molecule has 0 heterocycles. The topological polar surface area (TPSA) is 24.5 Å². The van der Waals surface area contributed by atoms with Crippen molar-refractivity contribution in [1.82, 2.24) is 10.2 Å². The molecule has 3 heteroatoms. The zero-order chi connectivity index (χ0) is 12.6. The fourth-order valence-corrected chi connectivity index (χ4v) is 2.00. The first-order chi connectivity index (χ1) is 7.46. The van der Waals surface area contributed by atoms with Crippen molar-refractivity contribution in [1.29, 1.82) is 0 Å². The van der Waals surface area contributed by atoms with E-state index >= 15 is 0 Å². The molecule has 0 saturated carbocycles. The second kappa shape index (κ2) is 8.04. The highest BCUT2D eigenvalue weighted by Gasteiger charge is 2.23. The Morgan fingerprint density at radius 1 is 1.31 bits per heavy atom. The maximum atomic E-state index is 5.22. The number of hydrogen-bond donors (Lipinski definition) is 1. The summed E-state index contributed by atoms with van der Waals surface area (Å²) in [4.78, 5) is 2.49. The Hall–Kier alpha value is -0.120. The molecule has 98 valence electrons. The van der Waals surface area contributed by atoms with Gasteiger partial charge in [0.15, 0.2) is 0 Å². The SMILES string of the molecule is CCNCC(C)(C)CN(CC)C(C)COC. The Bertz CT molecular complexity index is 171. The molecule has 1 N–H and O–H groups in total. The van der Waals surface area contributed by atoms with E-state index in [9.17, 15) is 0 Å². The van der Waals surface area contributed by atoms with Crippen molar-refractivity contribution >= 4 is 0 Å². The van der Waals surface area contributed by atoms with Gasteiger partial charge in [-0.1, -0.05) is 27.7 Å². The number of ether oxygens (including phenoxy) is 1. The summed E-state index contributed by atoms with van der Waals surface area (Å²) < 4.78 is 5.22. The largest absolute Gasteiger partial charge is 0.383 e. The number of nitrogens with one attached hydrogen (secondary N) is 1. The summed E-state index contributed by atoms with van der Waals surface area (Å²) in [5.41, 5.74) is 0.314. The smallest absolute Gasteiger partial charge is 0.0615 e. The highest BCUT2D eigenvalue weighted by atomic mass is 16.5. The average Bonchev–Trinajstić information content (AvgIpc) is 2.23. The van der Waals surface area contributed by atoms with Crippen molar-refractivity contribution in [2.24, 2.45) is 5.41 Å². The van der Waals surface area contributed by atoms with Gasteiger partial charge in [-0.05, 0) is 25.4 Å². The van der Waals surface area contributed by atoms with Crippen molar-refractivity contribution in [3.05, 3.63) is 0 Å². The third-order valence-electron chi connectivity index (χ3n) is 2.92. The fourth-order valence-electron chi connectivity index (χ4n) is 2.00. The van der Waals surface area contributed by atoms with Gasteiger partial charge in [0.2, 0.25) is 0 Å². The van der Waals surface area contributed by atoms with Crippen LogP contribution in [0.15, 0.2) is 0 Å². The van der Waals surface area contributed by atoms with Gasteiger partial charge in [-0.15, -0.1) is 0 Å². The van der Waals surface area contributed by atoms with Gasteiger partial charge < -0.3 is 10.1 Å². The lowest BCUT2D eigenvalue weighted by Gasteiger charge is -2.35. The van der Waals surface area contributed by atoms with Gasteiger partial charge >= 0.3 is 0 Å². The Morgan fingerprint density at radius 2 is 1.94 bits per heavy atom. The van der Waals surface area contributed by atoms with E-state index in [1.807, 2.05) is 0 Å². The van der Waals surface area contributed by atoms with Crippen LogP contribution in [0.3, 0.4) is 0 Å². The first-order valence-corrected chi connectivity index (χ1v) is 6.40. The molecular weight excluding hydrogens is 200 g/mol. The molecule has 0 saturated heterocycles. The van der Waals surface area contributed by atoms with Crippen molar-refractivity contribution in [3.8, 4) is 0 Å². The molecule has 1 atom stereocenters. The third kappa shape index (κ3) is 6.46. The molecule has 0 fully saturated rings. The average molecular weight is 230 g/mol. The van der Waals surface area contributed by atoms with Gasteiger partial charge in [-0.3, -0.25) is 4.90 Å². The van der Waals surface area contributed by atoms with Gasteiger partial charge in [0.25, 0.3) is 0 Å². The second-order valence-electron chi connectivity index (χ2n) is 5.31. The molecule has 0 aromatic carbocycles. The quantitative estimate of drug-likeness (QED) is 0.655. The Kier molecular flexibility index (Phi) is 7.98. The van der Waals surface area contributed by atoms with Crippen LogP contribution >= 0.6 is 0 Å². The van der Waals surface area contributed by atoms with Crippen LogP contribution in [-0.2, 0) is 4.74 Å². The molecule has 16 heavy (non-hydrogen) atoms. The molecule has 0 aliphatic heterocycles. The van der Waals surface area contributed by atoms with Gasteiger partial charge in [-0.2, -0.15) is 0 Å². The van der Waals surface area contributed by atoms with E-state index in [4.69, 9.17) is 4.74 Å². The molecule has 0 aromatic heterocycles. The lowest BCUT2D eigenvalue weighted by Crippen LogP contribution is -2.45. The summed E-state index contributed by atoms with van der Waals surface area (Å²) in [7, 11) is 1.77. The number of rotatable bonds is 9. The first kappa shape index (κ1) is 15.9. The highest BCUT2D eigenvalue weighted by molar-refractivity contribution is 4.78. The van der Waals surface area contributed by atoms with E-state index in [1.165, 1.54) is 0 Å². The van der Waals surface area contributed by atoms with Crippen LogP contribution in [0, 0.1) is 5.41 Å². The maximum Gasteiger partial charge on any atom is 0.0615 e. The molecule has 0 amide bonds. The molecule has 0 aromatic rings. The minimum absolute atomic E-state index is 0.314. The lowest BCUT2D eigenvalue weighted by atomic mass is 9.92. The maximum absolute atomic E-state index is 5.22. The zero-order valence-electron chi connectivity index (χ0n) is 12.0. The van der Waals surface area contributed by atoms with Gasteiger partial charge in [0.05, 0.1) is 6.61 Å². The molecule has 0 bridgehead atoms. The Balaban J connectivity index is 4.17. The van der Waals surface area contributed by atoms with Crippen LogP contribution in [0.1, 0.15) is 34.6 Å². The molecule has 0 aliphatic rings. The molecule has 3 nitrogen and oxygen atoms in total. The summed E-state index contributed by atoms with van der Waals surface area (Å²) in [6.07, 6.45) is 0. The number of likely N-dealkylation sites (N-methyl/N-ethyl adjacent to an activating group) is 1.